The summed E-state index contributed by atoms with van der Waals surface area (Å²) in [6.07, 6.45) is 1.18. The van der Waals surface area contributed by atoms with E-state index in [4.69, 9.17) is 4.74 Å². The van der Waals surface area contributed by atoms with Gasteiger partial charge < -0.3 is 10.1 Å². The summed E-state index contributed by atoms with van der Waals surface area (Å²) >= 11 is 0. The maximum Gasteiger partial charge on any atom is 0.346 e. The van der Waals surface area contributed by atoms with E-state index < -0.39 is 22.8 Å². The fourth-order valence-corrected chi connectivity index (χ4v) is 1.98. The van der Waals surface area contributed by atoms with Crippen LogP contribution in [-0.4, -0.2) is 33.0 Å². The van der Waals surface area contributed by atoms with E-state index in [0.717, 1.165) is 9.25 Å². The van der Waals surface area contributed by atoms with Crippen LogP contribution in [0.2, 0.25) is 0 Å². The number of rotatable bonds is 5. The van der Waals surface area contributed by atoms with E-state index in [9.17, 15) is 14.4 Å². The predicted molar refractivity (Wildman–Crippen MR) is 73.7 cm³/mol. The fraction of sp³-hybridized carbons (Fsp3) is 0.667. The van der Waals surface area contributed by atoms with Gasteiger partial charge in [0.15, 0.2) is 0 Å². The quantitative estimate of drug-likeness (QED) is 0.741. The number of anilines is 1. The number of aromatic nitrogens is 3. The molecule has 0 radical (unpaired) electrons. The summed E-state index contributed by atoms with van der Waals surface area (Å²) in [4.78, 5) is 35.5. The van der Waals surface area contributed by atoms with Crippen LogP contribution in [0.15, 0.2) is 9.59 Å². The fourth-order valence-electron chi connectivity index (χ4n) is 1.98. The Bertz CT molecular complexity index is 619. The van der Waals surface area contributed by atoms with Crippen molar-refractivity contribution in [2.45, 2.75) is 32.2 Å². The van der Waals surface area contributed by atoms with E-state index in [1.807, 2.05) is 6.92 Å². The Balaban J connectivity index is 3.29. The molecule has 1 rings (SSSR count). The van der Waals surface area contributed by atoms with Gasteiger partial charge in [0.25, 0.3) is 5.56 Å². The van der Waals surface area contributed by atoms with Crippen molar-refractivity contribution in [3.8, 4) is 0 Å². The molecule has 1 aromatic heterocycles. The molecule has 0 aliphatic heterocycles. The second-order valence-corrected chi connectivity index (χ2v) is 4.82. The smallest absolute Gasteiger partial charge is 0.346 e. The number of aryl methyl sites for hydroxylation is 1. The van der Waals surface area contributed by atoms with Gasteiger partial charge in [0.1, 0.15) is 5.54 Å². The summed E-state index contributed by atoms with van der Waals surface area (Å²) in [6.45, 7) is 3.55. The molecule has 0 saturated carbocycles. The Kier molecular flexibility index (Phi) is 4.69. The molecule has 0 saturated heterocycles. The molecule has 112 valence electrons. The third-order valence-electron chi connectivity index (χ3n) is 3.10. The first-order valence-corrected chi connectivity index (χ1v) is 6.27. The Hall–Kier alpha value is -2.12. The van der Waals surface area contributed by atoms with E-state index in [2.05, 4.69) is 10.4 Å². The van der Waals surface area contributed by atoms with Crippen molar-refractivity contribution in [3.63, 3.8) is 0 Å². The highest BCUT2D eigenvalue weighted by molar-refractivity contribution is 5.83. The first-order valence-electron chi connectivity index (χ1n) is 6.27. The second kappa shape index (κ2) is 5.89. The van der Waals surface area contributed by atoms with Crippen molar-refractivity contribution < 1.29 is 9.53 Å². The van der Waals surface area contributed by atoms with Gasteiger partial charge >= 0.3 is 11.7 Å². The summed E-state index contributed by atoms with van der Waals surface area (Å²) in [5, 5.41) is 6.67. The molecule has 0 aromatic carbocycles. The van der Waals surface area contributed by atoms with Crippen molar-refractivity contribution >= 4 is 11.8 Å². The lowest BCUT2D eigenvalue weighted by molar-refractivity contribution is -0.145. The van der Waals surface area contributed by atoms with Crippen molar-refractivity contribution in [3.05, 3.63) is 20.8 Å². The molecule has 1 N–H and O–H groups in total. The number of carbonyl (C=O) groups excluding carboxylic acids is 1. The van der Waals surface area contributed by atoms with Gasteiger partial charge in [-0.3, -0.25) is 9.36 Å². The largest absolute Gasteiger partial charge is 0.467 e. The average molecular weight is 284 g/mol. The highest BCUT2D eigenvalue weighted by Crippen LogP contribution is 2.18. The highest BCUT2D eigenvalue weighted by atomic mass is 16.5. The molecule has 1 unspecified atom stereocenters. The summed E-state index contributed by atoms with van der Waals surface area (Å²) in [5.41, 5.74) is -2.18. The molecule has 1 atom stereocenters. The third kappa shape index (κ3) is 2.89. The van der Waals surface area contributed by atoms with Crippen LogP contribution < -0.4 is 16.6 Å². The zero-order valence-electron chi connectivity index (χ0n) is 12.4. The first kappa shape index (κ1) is 15.9. The van der Waals surface area contributed by atoms with E-state index in [0.29, 0.717) is 12.8 Å². The monoisotopic (exact) mass is 284 g/mol. The van der Waals surface area contributed by atoms with Crippen molar-refractivity contribution in [1.82, 2.24) is 14.3 Å². The van der Waals surface area contributed by atoms with Crippen molar-refractivity contribution in [2.24, 2.45) is 14.1 Å². The van der Waals surface area contributed by atoms with Gasteiger partial charge in [-0.25, -0.2) is 14.3 Å². The molecule has 0 aliphatic carbocycles. The van der Waals surface area contributed by atoms with E-state index >= 15 is 0 Å². The van der Waals surface area contributed by atoms with E-state index in [-0.39, 0.29) is 5.82 Å². The molecule has 1 heterocycles. The molecular weight excluding hydrogens is 264 g/mol. The van der Waals surface area contributed by atoms with Gasteiger partial charge in [-0.1, -0.05) is 13.3 Å². The Morgan fingerprint density at radius 1 is 1.40 bits per heavy atom. The van der Waals surface area contributed by atoms with Crippen LogP contribution in [0.1, 0.15) is 26.7 Å². The Labute approximate surface area is 116 Å². The molecular formula is C12H20N4O4. The molecule has 0 amide bonds. The van der Waals surface area contributed by atoms with Crippen LogP contribution in [-0.2, 0) is 23.6 Å². The first-order chi connectivity index (χ1) is 9.26. The summed E-state index contributed by atoms with van der Waals surface area (Å²) < 4.78 is 6.72. The van der Waals surface area contributed by atoms with Crippen molar-refractivity contribution in [2.75, 3.05) is 12.4 Å². The second-order valence-electron chi connectivity index (χ2n) is 4.82. The van der Waals surface area contributed by atoms with Crippen LogP contribution in [0.4, 0.5) is 5.82 Å². The molecule has 0 fully saturated rings. The van der Waals surface area contributed by atoms with Gasteiger partial charge in [0.2, 0.25) is 5.82 Å². The lowest BCUT2D eigenvalue weighted by Crippen LogP contribution is -2.48. The molecule has 20 heavy (non-hydrogen) atoms. The minimum Gasteiger partial charge on any atom is -0.467 e. The number of nitrogens with one attached hydrogen (secondary N) is 1. The molecule has 8 nitrogen and oxygen atoms in total. The number of methoxy groups -OCH3 is 1. The zero-order chi connectivity index (χ0) is 15.5. The number of hydrogen-bond acceptors (Lipinski definition) is 6. The summed E-state index contributed by atoms with van der Waals surface area (Å²) in [6, 6.07) is 0. The zero-order valence-corrected chi connectivity index (χ0v) is 12.4. The van der Waals surface area contributed by atoms with Crippen LogP contribution in [0.25, 0.3) is 0 Å². The van der Waals surface area contributed by atoms with Crippen LogP contribution in [0.3, 0.4) is 0 Å². The van der Waals surface area contributed by atoms with Gasteiger partial charge in [-0.05, 0) is 13.3 Å². The molecule has 8 heteroatoms. The minimum absolute atomic E-state index is 0.0593. The topological polar surface area (TPSA) is 95.2 Å². The summed E-state index contributed by atoms with van der Waals surface area (Å²) in [7, 11) is 4.07. The average Bonchev–Trinajstić information content (AvgIpc) is 2.41. The lowest BCUT2D eigenvalue weighted by Gasteiger charge is -2.27. The molecule has 0 spiro atoms. The number of carbonyl (C=O) groups is 1. The predicted octanol–water partition coefficient (Wildman–Crippen LogP) is -0.377. The standard InChI is InChI=1S/C12H20N4O4/c1-6-7-12(2,10(18)20-5)13-8-9(17)15(3)11(19)16(4)14-8/h6-7H2,1-5H3,(H,13,14). The maximum absolute atomic E-state index is 12.0. The number of nitrogens with zero attached hydrogens (tertiary/aromatic N) is 3. The molecule has 1 aromatic rings. The van der Waals surface area contributed by atoms with E-state index in [1.54, 1.807) is 6.92 Å². The van der Waals surface area contributed by atoms with Crippen molar-refractivity contribution in [1.29, 1.82) is 0 Å². The Morgan fingerprint density at radius 2 is 2.00 bits per heavy atom. The van der Waals surface area contributed by atoms with E-state index in [1.165, 1.54) is 21.2 Å². The maximum atomic E-state index is 12.0. The number of esters is 1. The number of hydrogen-bond donors (Lipinski definition) is 1. The van der Waals surface area contributed by atoms with Crippen LogP contribution in [0.5, 0.6) is 0 Å². The van der Waals surface area contributed by atoms with Gasteiger partial charge in [0.05, 0.1) is 7.11 Å². The van der Waals surface area contributed by atoms with Gasteiger partial charge in [-0.2, -0.15) is 0 Å². The van der Waals surface area contributed by atoms with Gasteiger partial charge in [-0.15, -0.1) is 5.10 Å². The SMILES string of the molecule is CCCC(C)(Nc1nn(C)c(=O)n(C)c1=O)C(=O)OC. The third-order valence-corrected chi connectivity index (χ3v) is 3.10. The Morgan fingerprint density at radius 3 is 2.50 bits per heavy atom. The lowest BCUT2D eigenvalue weighted by atomic mass is 9.96. The normalized spacial score (nSPS) is 13.7. The van der Waals surface area contributed by atoms with Crippen LogP contribution >= 0.6 is 0 Å². The highest BCUT2D eigenvalue weighted by Gasteiger charge is 2.34. The number of ether oxygens (including phenoxy) is 1. The summed E-state index contributed by atoms with van der Waals surface area (Å²) in [5.74, 6) is -0.548. The van der Waals surface area contributed by atoms with Crippen LogP contribution in [0, 0.1) is 0 Å². The molecule has 0 aliphatic rings. The van der Waals surface area contributed by atoms with Gasteiger partial charge in [0, 0.05) is 14.1 Å². The minimum atomic E-state index is -1.07. The molecule has 0 bridgehead atoms.